The zero-order valence-electron chi connectivity index (χ0n) is 16.9. The quantitative estimate of drug-likeness (QED) is 0.513. The molecule has 0 aliphatic carbocycles. The third-order valence-electron chi connectivity index (χ3n) is 4.89. The molecule has 1 aliphatic rings. The highest BCUT2D eigenvalue weighted by Gasteiger charge is 2.35. The Labute approximate surface area is 177 Å². The van der Waals surface area contributed by atoms with Crippen molar-refractivity contribution >= 4 is 17.7 Å². The molecular weight excluding hydrogens is 411 g/mol. The second-order valence-corrected chi connectivity index (χ2v) is 7.40. The molecule has 1 N–H and O–H groups in total. The SMILES string of the molecule is CN(CCCNC(=O)c1ccc(CN2C(=O)c3ccccc3C2=O)cc1)CC(F)(F)F. The van der Waals surface area contributed by atoms with E-state index in [0.29, 0.717) is 28.7 Å². The smallest absolute Gasteiger partial charge is 0.352 e. The Kier molecular flexibility index (Phi) is 6.74. The lowest BCUT2D eigenvalue weighted by molar-refractivity contribution is -0.143. The zero-order valence-corrected chi connectivity index (χ0v) is 16.9. The van der Waals surface area contributed by atoms with Crippen molar-refractivity contribution < 1.29 is 27.6 Å². The molecule has 2 aromatic carbocycles. The first-order valence-corrected chi connectivity index (χ1v) is 9.73. The minimum atomic E-state index is -4.24. The Morgan fingerprint density at radius 3 is 2.13 bits per heavy atom. The van der Waals surface area contributed by atoms with E-state index in [2.05, 4.69) is 5.32 Å². The minimum Gasteiger partial charge on any atom is -0.352 e. The summed E-state index contributed by atoms with van der Waals surface area (Å²) in [6, 6.07) is 13.1. The van der Waals surface area contributed by atoms with Gasteiger partial charge in [-0.05, 0) is 49.8 Å². The van der Waals surface area contributed by atoms with Crippen LogP contribution in [-0.2, 0) is 6.54 Å². The van der Waals surface area contributed by atoms with E-state index in [1.165, 1.54) is 7.05 Å². The number of nitrogens with zero attached hydrogens (tertiary/aromatic N) is 2. The van der Waals surface area contributed by atoms with E-state index in [1.807, 2.05) is 0 Å². The van der Waals surface area contributed by atoms with Gasteiger partial charge >= 0.3 is 6.18 Å². The lowest BCUT2D eigenvalue weighted by Gasteiger charge is -2.18. The van der Waals surface area contributed by atoms with E-state index in [9.17, 15) is 27.6 Å². The maximum absolute atomic E-state index is 12.4. The van der Waals surface area contributed by atoms with Crippen LogP contribution in [0.15, 0.2) is 48.5 Å². The van der Waals surface area contributed by atoms with E-state index in [1.54, 1.807) is 48.5 Å². The lowest BCUT2D eigenvalue weighted by atomic mass is 10.1. The molecule has 3 amide bonds. The third-order valence-corrected chi connectivity index (χ3v) is 4.89. The fourth-order valence-electron chi connectivity index (χ4n) is 3.36. The molecule has 3 rings (SSSR count). The van der Waals surface area contributed by atoms with Crippen molar-refractivity contribution in [2.75, 3.05) is 26.7 Å². The number of halogens is 3. The van der Waals surface area contributed by atoms with Crippen molar-refractivity contribution in [1.29, 1.82) is 0 Å². The van der Waals surface area contributed by atoms with Crippen molar-refractivity contribution in [2.24, 2.45) is 0 Å². The van der Waals surface area contributed by atoms with E-state index in [4.69, 9.17) is 0 Å². The van der Waals surface area contributed by atoms with Crippen LogP contribution in [0.1, 0.15) is 43.1 Å². The maximum atomic E-state index is 12.4. The van der Waals surface area contributed by atoms with Gasteiger partial charge in [-0.15, -0.1) is 0 Å². The van der Waals surface area contributed by atoms with Gasteiger partial charge in [-0.25, -0.2) is 0 Å². The molecular formula is C22H22F3N3O3. The molecule has 6 nitrogen and oxygen atoms in total. The minimum absolute atomic E-state index is 0.0970. The summed E-state index contributed by atoms with van der Waals surface area (Å²) in [4.78, 5) is 39.4. The molecule has 9 heteroatoms. The summed E-state index contributed by atoms with van der Waals surface area (Å²) in [5, 5.41) is 2.67. The van der Waals surface area contributed by atoms with Crippen molar-refractivity contribution in [2.45, 2.75) is 19.1 Å². The number of hydrogen-bond acceptors (Lipinski definition) is 4. The topological polar surface area (TPSA) is 69.7 Å². The van der Waals surface area contributed by atoms with Gasteiger partial charge in [0.1, 0.15) is 0 Å². The fraction of sp³-hybridized carbons (Fsp3) is 0.318. The Bertz CT molecular complexity index is 939. The summed E-state index contributed by atoms with van der Waals surface area (Å²) in [5.41, 5.74) is 1.84. The summed E-state index contributed by atoms with van der Waals surface area (Å²) in [6.45, 7) is -0.438. The first kappa shape index (κ1) is 22.5. The standard InChI is InChI=1S/C22H22F3N3O3/c1-27(14-22(23,24)25)12-4-11-26-19(29)16-9-7-15(8-10-16)13-28-20(30)17-5-2-3-6-18(17)21(28)31/h2-3,5-10H,4,11-14H2,1H3,(H,26,29). The van der Waals surface area contributed by atoms with Crippen molar-refractivity contribution in [3.63, 3.8) is 0 Å². The molecule has 0 aromatic heterocycles. The summed E-state index contributed by atoms with van der Waals surface area (Å²) in [5.74, 6) is -1.04. The van der Waals surface area contributed by atoms with Crippen LogP contribution in [0.2, 0.25) is 0 Å². The molecule has 0 spiro atoms. The number of carbonyl (C=O) groups excluding carboxylic acids is 3. The van der Waals surface area contributed by atoms with E-state index < -0.39 is 12.7 Å². The molecule has 0 unspecified atom stereocenters. The third kappa shape index (κ3) is 5.69. The van der Waals surface area contributed by atoms with Crippen LogP contribution in [0, 0.1) is 0 Å². The number of fused-ring (bicyclic) bond motifs is 1. The molecule has 0 saturated carbocycles. The lowest BCUT2D eigenvalue weighted by Crippen LogP contribution is -2.33. The van der Waals surface area contributed by atoms with E-state index in [0.717, 1.165) is 9.80 Å². The largest absolute Gasteiger partial charge is 0.401 e. The maximum Gasteiger partial charge on any atom is 0.401 e. The monoisotopic (exact) mass is 433 g/mol. The van der Waals surface area contributed by atoms with Crippen LogP contribution in [0.5, 0.6) is 0 Å². The zero-order chi connectivity index (χ0) is 22.6. The number of alkyl halides is 3. The van der Waals surface area contributed by atoms with Gasteiger partial charge in [-0.3, -0.25) is 24.2 Å². The average molecular weight is 433 g/mol. The van der Waals surface area contributed by atoms with Crippen LogP contribution in [0.3, 0.4) is 0 Å². The number of nitrogens with one attached hydrogen (secondary N) is 1. The highest BCUT2D eigenvalue weighted by Crippen LogP contribution is 2.24. The van der Waals surface area contributed by atoms with Crippen LogP contribution in [-0.4, -0.2) is 60.4 Å². The number of carbonyl (C=O) groups is 3. The molecule has 0 bridgehead atoms. The normalized spacial score (nSPS) is 13.6. The summed E-state index contributed by atoms with van der Waals surface area (Å²) < 4.78 is 36.9. The predicted molar refractivity (Wildman–Crippen MR) is 108 cm³/mol. The van der Waals surface area contributed by atoms with Gasteiger partial charge in [-0.2, -0.15) is 13.2 Å². The van der Waals surface area contributed by atoms with Crippen LogP contribution in [0.4, 0.5) is 13.2 Å². The van der Waals surface area contributed by atoms with Gasteiger partial charge < -0.3 is 5.32 Å². The Morgan fingerprint density at radius 2 is 1.58 bits per heavy atom. The average Bonchev–Trinajstić information content (AvgIpc) is 2.95. The molecule has 2 aromatic rings. The molecule has 1 aliphatic heterocycles. The van der Waals surface area contributed by atoms with Gasteiger partial charge in [0.2, 0.25) is 0 Å². The molecule has 31 heavy (non-hydrogen) atoms. The number of benzene rings is 2. The van der Waals surface area contributed by atoms with Crippen LogP contribution in [0.25, 0.3) is 0 Å². The van der Waals surface area contributed by atoms with Crippen molar-refractivity contribution in [3.8, 4) is 0 Å². The van der Waals surface area contributed by atoms with Gasteiger partial charge in [0.05, 0.1) is 24.2 Å². The number of hydrogen-bond donors (Lipinski definition) is 1. The van der Waals surface area contributed by atoms with Gasteiger partial charge in [0.25, 0.3) is 17.7 Å². The predicted octanol–water partition coefficient (Wildman–Crippen LogP) is 3.10. The molecule has 0 fully saturated rings. The second-order valence-electron chi connectivity index (χ2n) is 7.40. The van der Waals surface area contributed by atoms with E-state index >= 15 is 0 Å². The summed E-state index contributed by atoms with van der Waals surface area (Å²) in [6.07, 6.45) is -3.86. The van der Waals surface area contributed by atoms with Crippen LogP contribution < -0.4 is 5.32 Å². The van der Waals surface area contributed by atoms with Crippen molar-refractivity contribution in [3.05, 3.63) is 70.8 Å². The second kappa shape index (κ2) is 9.30. The van der Waals surface area contributed by atoms with Gasteiger partial charge in [0, 0.05) is 12.1 Å². The van der Waals surface area contributed by atoms with Crippen LogP contribution >= 0.6 is 0 Å². The summed E-state index contributed by atoms with van der Waals surface area (Å²) >= 11 is 0. The first-order chi connectivity index (χ1) is 14.7. The molecule has 1 heterocycles. The highest BCUT2D eigenvalue weighted by atomic mass is 19.4. The molecule has 0 radical (unpaired) electrons. The first-order valence-electron chi connectivity index (χ1n) is 9.73. The Hall–Kier alpha value is -3.20. The number of rotatable bonds is 8. The molecule has 0 saturated heterocycles. The fourth-order valence-corrected chi connectivity index (χ4v) is 3.36. The molecule has 0 atom stereocenters. The Balaban J connectivity index is 1.49. The number of imide groups is 1. The highest BCUT2D eigenvalue weighted by molar-refractivity contribution is 6.21. The number of amides is 3. The van der Waals surface area contributed by atoms with Gasteiger partial charge in [-0.1, -0.05) is 24.3 Å². The van der Waals surface area contributed by atoms with Crippen molar-refractivity contribution in [1.82, 2.24) is 15.1 Å². The van der Waals surface area contributed by atoms with Gasteiger partial charge in [0.15, 0.2) is 0 Å². The Morgan fingerprint density at radius 1 is 1.00 bits per heavy atom. The van der Waals surface area contributed by atoms with E-state index in [-0.39, 0.29) is 37.4 Å². The summed E-state index contributed by atoms with van der Waals surface area (Å²) in [7, 11) is 1.38. The molecule has 164 valence electrons.